The van der Waals surface area contributed by atoms with Crippen molar-refractivity contribution in [3.8, 4) is 23.3 Å². The Hall–Kier alpha value is -3.73. The highest BCUT2D eigenvalue weighted by molar-refractivity contribution is 5.52. The number of nitriles is 1. The van der Waals surface area contributed by atoms with Gasteiger partial charge in [-0.05, 0) is 18.2 Å². The first-order valence-electron chi connectivity index (χ1n) is 6.49. The molecule has 0 amide bonds. The van der Waals surface area contributed by atoms with Gasteiger partial charge in [-0.15, -0.1) is 0 Å². The standard InChI is InChI=1S/C15H9N5O3/c16-8-11-6-13(20(21)22)4-5-15(11)23-14-3-1-2-12(7-14)19-10-17-9-18-19/h1-7,9-10H. The van der Waals surface area contributed by atoms with Crippen LogP contribution in [-0.2, 0) is 0 Å². The number of rotatable bonds is 4. The van der Waals surface area contributed by atoms with Gasteiger partial charge in [0.25, 0.3) is 5.69 Å². The highest BCUT2D eigenvalue weighted by Gasteiger charge is 2.12. The number of non-ortho nitro benzene ring substituents is 1. The van der Waals surface area contributed by atoms with Crippen LogP contribution in [-0.4, -0.2) is 19.7 Å². The van der Waals surface area contributed by atoms with Gasteiger partial charge in [0.15, 0.2) is 0 Å². The fraction of sp³-hybridized carbons (Fsp3) is 0. The summed E-state index contributed by atoms with van der Waals surface area (Å²) < 4.78 is 7.23. The molecule has 0 saturated heterocycles. The van der Waals surface area contributed by atoms with Gasteiger partial charge in [-0.25, -0.2) is 9.67 Å². The van der Waals surface area contributed by atoms with Crippen molar-refractivity contribution in [1.29, 1.82) is 5.26 Å². The van der Waals surface area contributed by atoms with Gasteiger partial charge < -0.3 is 4.74 Å². The Morgan fingerprint density at radius 1 is 1.26 bits per heavy atom. The summed E-state index contributed by atoms with van der Waals surface area (Å²) in [5.41, 5.74) is 0.663. The molecule has 0 aliphatic carbocycles. The maximum atomic E-state index is 10.8. The average molecular weight is 307 g/mol. The van der Waals surface area contributed by atoms with Gasteiger partial charge in [-0.3, -0.25) is 10.1 Å². The van der Waals surface area contributed by atoms with Crippen molar-refractivity contribution in [2.24, 2.45) is 0 Å². The van der Waals surface area contributed by atoms with E-state index in [1.54, 1.807) is 29.2 Å². The lowest BCUT2D eigenvalue weighted by molar-refractivity contribution is -0.384. The van der Waals surface area contributed by atoms with Gasteiger partial charge in [-0.2, -0.15) is 10.4 Å². The van der Waals surface area contributed by atoms with Crippen LogP contribution in [0.5, 0.6) is 11.5 Å². The highest BCUT2D eigenvalue weighted by atomic mass is 16.6. The normalized spacial score (nSPS) is 10.0. The lowest BCUT2D eigenvalue weighted by atomic mass is 10.2. The van der Waals surface area contributed by atoms with Crippen molar-refractivity contribution in [1.82, 2.24) is 14.8 Å². The molecule has 0 aliphatic rings. The van der Waals surface area contributed by atoms with Gasteiger partial charge in [-0.1, -0.05) is 6.07 Å². The van der Waals surface area contributed by atoms with Crippen LogP contribution in [0.3, 0.4) is 0 Å². The molecule has 1 aromatic heterocycles. The first-order valence-corrected chi connectivity index (χ1v) is 6.49. The summed E-state index contributed by atoms with van der Waals surface area (Å²) in [5.74, 6) is 0.720. The van der Waals surface area contributed by atoms with Crippen LogP contribution >= 0.6 is 0 Å². The number of hydrogen-bond donors (Lipinski definition) is 0. The van der Waals surface area contributed by atoms with E-state index in [4.69, 9.17) is 10.00 Å². The molecule has 0 fully saturated rings. The molecule has 112 valence electrons. The van der Waals surface area contributed by atoms with Crippen LogP contribution in [0.2, 0.25) is 0 Å². The van der Waals surface area contributed by atoms with Gasteiger partial charge in [0.1, 0.15) is 35.8 Å². The number of ether oxygens (including phenoxy) is 1. The monoisotopic (exact) mass is 307 g/mol. The smallest absolute Gasteiger partial charge is 0.271 e. The minimum absolute atomic E-state index is 0.0883. The molecule has 8 nitrogen and oxygen atoms in total. The molecule has 0 aliphatic heterocycles. The Bertz CT molecular complexity index is 900. The molecule has 8 heteroatoms. The zero-order chi connectivity index (χ0) is 16.2. The maximum absolute atomic E-state index is 10.8. The Kier molecular flexibility index (Phi) is 3.68. The minimum atomic E-state index is -0.560. The van der Waals surface area contributed by atoms with Crippen LogP contribution in [0.1, 0.15) is 5.56 Å². The largest absolute Gasteiger partial charge is 0.456 e. The third kappa shape index (κ3) is 2.98. The van der Waals surface area contributed by atoms with E-state index in [0.29, 0.717) is 5.75 Å². The molecule has 1 heterocycles. The summed E-state index contributed by atoms with van der Waals surface area (Å²) >= 11 is 0. The van der Waals surface area contributed by atoms with Crippen molar-refractivity contribution in [2.45, 2.75) is 0 Å². The second-order valence-electron chi connectivity index (χ2n) is 4.49. The van der Waals surface area contributed by atoms with E-state index in [2.05, 4.69) is 10.1 Å². The van der Waals surface area contributed by atoms with Crippen molar-refractivity contribution in [3.05, 3.63) is 70.8 Å². The Morgan fingerprint density at radius 3 is 2.83 bits per heavy atom. The number of nitrogens with zero attached hydrogens (tertiary/aromatic N) is 5. The molecule has 0 atom stereocenters. The molecule has 3 aromatic rings. The van der Waals surface area contributed by atoms with Crippen LogP contribution in [0, 0.1) is 21.4 Å². The number of hydrogen-bond acceptors (Lipinski definition) is 6. The topological polar surface area (TPSA) is 107 Å². The Labute approximate surface area is 130 Å². The van der Waals surface area contributed by atoms with E-state index in [1.165, 1.54) is 24.5 Å². The average Bonchev–Trinajstić information content (AvgIpc) is 3.10. The molecule has 0 bridgehead atoms. The van der Waals surface area contributed by atoms with Crippen molar-refractivity contribution in [2.75, 3.05) is 0 Å². The first-order chi connectivity index (χ1) is 11.2. The van der Waals surface area contributed by atoms with Crippen LogP contribution < -0.4 is 4.74 Å². The van der Waals surface area contributed by atoms with Gasteiger partial charge >= 0.3 is 0 Å². The van der Waals surface area contributed by atoms with Crippen molar-refractivity contribution in [3.63, 3.8) is 0 Å². The zero-order valence-electron chi connectivity index (χ0n) is 11.7. The highest BCUT2D eigenvalue weighted by Crippen LogP contribution is 2.29. The summed E-state index contributed by atoms with van der Waals surface area (Å²) in [6.07, 6.45) is 2.96. The fourth-order valence-electron chi connectivity index (χ4n) is 1.97. The molecule has 2 aromatic carbocycles. The summed E-state index contributed by atoms with van der Waals surface area (Å²) in [6.45, 7) is 0. The molecule has 0 unspecified atom stereocenters. The Balaban J connectivity index is 1.92. The second-order valence-corrected chi connectivity index (χ2v) is 4.49. The number of aromatic nitrogens is 3. The molecular weight excluding hydrogens is 298 g/mol. The quantitative estimate of drug-likeness (QED) is 0.542. The molecule has 0 saturated carbocycles. The van der Waals surface area contributed by atoms with Crippen molar-refractivity contribution >= 4 is 5.69 Å². The fourth-order valence-corrected chi connectivity index (χ4v) is 1.97. The van der Waals surface area contributed by atoms with Crippen LogP contribution in [0.4, 0.5) is 5.69 Å². The number of nitro groups is 1. The second kappa shape index (κ2) is 5.95. The third-order valence-corrected chi connectivity index (χ3v) is 3.02. The number of benzene rings is 2. The SMILES string of the molecule is N#Cc1cc([N+](=O)[O-])ccc1Oc1cccc(-n2cncn2)c1. The third-order valence-electron chi connectivity index (χ3n) is 3.02. The predicted octanol–water partition coefficient (Wildman–Crippen LogP) is 2.84. The summed E-state index contributed by atoms with van der Waals surface area (Å²) in [5, 5.41) is 23.9. The summed E-state index contributed by atoms with van der Waals surface area (Å²) in [6, 6.07) is 12.8. The van der Waals surface area contributed by atoms with E-state index in [1.807, 2.05) is 12.1 Å². The minimum Gasteiger partial charge on any atom is -0.456 e. The van der Waals surface area contributed by atoms with Crippen LogP contribution in [0.25, 0.3) is 5.69 Å². The lowest BCUT2D eigenvalue weighted by Crippen LogP contribution is -1.96. The number of nitro benzene ring substituents is 1. The zero-order valence-corrected chi connectivity index (χ0v) is 11.7. The van der Waals surface area contributed by atoms with E-state index >= 15 is 0 Å². The first kappa shape index (κ1) is 14.2. The molecule has 23 heavy (non-hydrogen) atoms. The van der Waals surface area contributed by atoms with E-state index < -0.39 is 4.92 Å². The molecule has 3 rings (SSSR count). The van der Waals surface area contributed by atoms with Crippen molar-refractivity contribution < 1.29 is 9.66 Å². The summed E-state index contributed by atoms with van der Waals surface area (Å²) in [7, 11) is 0. The van der Waals surface area contributed by atoms with E-state index in [-0.39, 0.29) is 17.0 Å². The Morgan fingerprint density at radius 2 is 2.13 bits per heavy atom. The predicted molar refractivity (Wildman–Crippen MR) is 79.2 cm³/mol. The lowest BCUT2D eigenvalue weighted by Gasteiger charge is -2.08. The van der Waals surface area contributed by atoms with Gasteiger partial charge in [0, 0.05) is 18.2 Å². The summed E-state index contributed by atoms with van der Waals surface area (Å²) in [4.78, 5) is 14.1. The molecule has 0 N–H and O–H groups in total. The van der Waals surface area contributed by atoms with E-state index in [9.17, 15) is 10.1 Å². The molecule has 0 radical (unpaired) electrons. The van der Waals surface area contributed by atoms with E-state index in [0.717, 1.165) is 5.69 Å². The van der Waals surface area contributed by atoms with Gasteiger partial charge in [0.05, 0.1) is 10.6 Å². The molecule has 0 spiro atoms. The van der Waals surface area contributed by atoms with Gasteiger partial charge in [0.2, 0.25) is 0 Å². The van der Waals surface area contributed by atoms with Crippen LogP contribution in [0.15, 0.2) is 55.1 Å². The molecular formula is C15H9N5O3. The maximum Gasteiger partial charge on any atom is 0.271 e.